The van der Waals surface area contributed by atoms with Crippen LogP contribution in [-0.2, 0) is 11.8 Å². The summed E-state index contributed by atoms with van der Waals surface area (Å²) in [7, 11) is 1.90. The van der Waals surface area contributed by atoms with Gasteiger partial charge >= 0.3 is 0 Å². The topological polar surface area (TPSA) is 64.4 Å². The molecule has 1 aromatic carbocycles. The third-order valence-electron chi connectivity index (χ3n) is 4.83. The molecule has 0 bridgehead atoms. The zero-order chi connectivity index (χ0) is 18.1. The number of aryl methyl sites for hydroxylation is 2. The van der Waals surface area contributed by atoms with E-state index in [1.165, 1.54) is 6.92 Å². The number of morpholine rings is 1. The summed E-state index contributed by atoms with van der Waals surface area (Å²) in [6.07, 6.45) is 0. The molecule has 1 unspecified atom stereocenters. The first-order valence-corrected chi connectivity index (χ1v) is 8.40. The van der Waals surface area contributed by atoms with Crippen LogP contribution >= 0.6 is 0 Å². The van der Waals surface area contributed by atoms with E-state index in [0.717, 1.165) is 17.0 Å². The number of nitrogens with zero attached hydrogens (tertiary/aromatic N) is 3. The maximum atomic E-state index is 13.1. The van der Waals surface area contributed by atoms with Gasteiger partial charge in [0.1, 0.15) is 0 Å². The van der Waals surface area contributed by atoms with Crippen LogP contribution in [0.1, 0.15) is 50.6 Å². The van der Waals surface area contributed by atoms with Gasteiger partial charge in [-0.15, -0.1) is 0 Å². The Balaban J connectivity index is 1.92. The molecule has 1 aliphatic heterocycles. The molecule has 6 heteroatoms. The maximum absolute atomic E-state index is 13.1. The summed E-state index contributed by atoms with van der Waals surface area (Å²) in [5.41, 5.74) is 4.19. The number of carbonyl (C=O) groups is 2. The van der Waals surface area contributed by atoms with Crippen LogP contribution in [0.25, 0.3) is 0 Å². The predicted molar refractivity (Wildman–Crippen MR) is 93.7 cm³/mol. The first-order chi connectivity index (χ1) is 11.9. The number of hydrogen-bond acceptors (Lipinski definition) is 4. The molecule has 25 heavy (non-hydrogen) atoms. The molecule has 0 radical (unpaired) electrons. The van der Waals surface area contributed by atoms with Gasteiger partial charge in [-0.3, -0.25) is 14.3 Å². The Hall–Kier alpha value is -2.47. The Bertz CT molecular complexity index is 808. The van der Waals surface area contributed by atoms with Gasteiger partial charge in [0.2, 0.25) is 0 Å². The second-order valence-electron chi connectivity index (χ2n) is 6.43. The van der Waals surface area contributed by atoms with Crippen molar-refractivity contribution < 1.29 is 14.3 Å². The lowest BCUT2D eigenvalue weighted by Gasteiger charge is -2.36. The largest absolute Gasteiger partial charge is 0.377 e. The van der Waals surface area contributed by atoms with E-state index in [9.17, 15) is 9.59 Å². The summed E-state index contributed by atoms with van der Waals surface area (Å²) in [6, 6.07) is 6.68. The normalized spacial score (nSPS) is 17.6. The average Bonchev–Trinajstić information content (AvgIpc) is 2.86. The van der Waals surface area contributed by atoms with Crippen LogP contribution in [0.2, 0.25) is 0 Å². The second-order valence-corrected chi connectivity index (χ2v) is 6.43. The zero-order valence-electron chi connectivity index (χ0n) is 15.1. The van der Waals surface area contributed by atoms with Crippen LogP contribution in [0.15, 0.2) is 24.3 Å². The van der Waals surface area contributed by atoms with Crippen LogP contribution in [0.5, 0.6) is 0 Å². The van der Waals surface area contributed by atoms with Crippen molar-refractivity contribution in [1.82, 2.24) is 14.7 Å². The fraction of sp³-hybridized carbons (Fsp3) is 0.421. The Kier molecular flexibility index (Phi) is 4.72. The van der Waals surface area contributed by atoms with Gasteiger partial charge in [0, 0.05) is 36.0 Å². The SMILES string of the molecule is CC(=O)c1ccc(C(=O)N2CCOCC2c2c(C)nn(C)c2C)cc1. The molecule has 2 aromatic rings. The number of aromatic nitrogens is 2. The van der Waals surface area contributed by atoms with Crippen LogP contribution < -0.4 is 0 Å². The van der Waals surface area contributed by atoms with Crippen molar-refractivity contribution in [2.45, 2.75) is 26.8 Å². The predicted octanol–water partition coefficient (Wildman–Crippen LogP) is 2.45. The van der Waals surface area contributed by atoms with Crippen molar-refractivity contribution >= 4 is 11.7 Å². The summed E-state index contributed by atoms with van der Waals surface area (Å²) in [5.74, 6) is -0.0593. The average molecular weight is 341 g/mol. The Morgan fingerprint density at radius 1 is 1.16 bits per heavy atom. The Labute approximate surface area is 147 Å². The minimum atomic E-state index is -0.151. The molecule has 3 rings (SSSR count). The van der Waals surface area contributed by atoms with Gasteiger partial charge in [-0.1, -0.05) is 12.1 Å². The third kappa shape index (κ3) is 3.22. The summed E-state index contributed by atoms with van der Waals surface area (Å²) < 4.78 is 7.48. The molecule has 1 aliphatic rings. The quantitative estimate of drug-likeness (QED) is 0.805. The number of hydrogen-bond donors (Lipinski definition) is 0. The second kappa shape index (κ2) is 6.80. The van der Waals surface area contributed by atoms with E-state index >= 15 is 0 Å². The van der Waals surface area contributed by atoms with E-state index in [1.807, 2.05) is 30.5 Å². The number of carbonyl (C=O) groups excluding carboxylic acids is 2. The molecule has 6 nitrogen and oxygen atoms in total. The molecule has 132 valence electrons. The number of benzene rings is 1. The van der Waals surface area contributed by atoms with E-state index in [1.54, 1.807) is 24.3 Å². The minimum Gasteiger partial charge on any atom is -0.377 e. The lowest BCUT2D eigenvalue weighted by molar-refractivity contribution is -0.00305. The molecule has 1 aromatic heterocycles. The molecule has 1 atom stereocenters. The van der Waals surface area contributed by atoms with Crippen molar-refractivity contribution in [2.75, 3.05) is 19.8 Å². The highest BCUT2D eigenvalue weighted by Crippen LogP contribution is 2.30. The molecular formula is C19H23N3O3. The fourth-order valence-corrected chi connectivity index (χ4v) is 3.37. The summed E-state index contributed by atoms with van der Waals surface area (Å²) in [5, 5.41) is 4.47. The van der Waals surface area contributed by atoms with Crippen LogP contribution in [0.4, 0.5) is 0 Å². The van der Waals surface area contributed by atoms with E-state index in [4.69, 9.17) is 4.74 Å². The van der Waals surface area contributed by atoms with Gasteiger partial charge in [0.25, 0.3) is 5.91 Å². The molecule has 0 saturated carbocycles. The molecule has 2 heterocycles. The third-order valence-corrected chi connectivity index (χ3v) is 4.83. The van der Waals surface area contributed by atoms with Crippen LogP contribution in [0, 0.1) is 13.8 Å². The lowest BCUT2D eigenvalue weighted by Crippen LogP contribution is -2.43. The van der Waals surface area contributed by atoms with Crippen molar-refractivity contribution in [3.63, 3.8) is 0 Å². The van der Waals surface area contributed by atoms with Crippen molar-refractivity contribution in [3.8, 4) is 0 Å². The van der Waals surface area contributed by atoms with Crippen LogP contribution in [0.3, 0.4) is 0 Å². The maximum Gasteiger partial charge on any atom is 0.254 e. The van der Waals surface area contributed by atoms with Crippen molar-refractivity contribution in [1.29, 1.82) is 0 Å². The minimum absolute atomic E-state index is 0.00939. The van der Waals surface area contributed by atoms with Crippen molar-refractivity contribution in [3.05, 3.63) is 52.3 Å². The number of ether oxygens (including phenoxy) is 1. The molecule has 1 fully saturated rings. The standard InChI is InChI=1S/C19H23N3O3/c1-12-18(13(2)21(4)20-12)17-11-25-10-9-22(17)19(24)16-7-5-15(6-8-16)14(3)23/h5-8,17H,9-11H2,1-4H3. The monoisotopic (exact) mass is 341 g/mol. The smallest absolute Gasteiger partial charge is 0.254 e. The highest BCUT2D eigenvalue weighted by atomic mass is 16.5. The van der Waals surface area contributed by atoms with Gasteiger partial charge in [0.05, 0.1) is 24.9 Å². The molecule has 1 amide bonds. The molecule has 0 aliphatic carbocycles. The van der Waals surface area contributed by atoms with Crippen molar-refractivity contribution in [2.24, 2.45) is 7.05 Å². The van der Waals surface area contributed by atoms with Gasteiger partial charge < -0.3 is 9.64 Å². The van der Waals surface area contributed by atoms with Gasteiger partial charge in [-0.2, -0.15) is 5.10 Å². The fourth-order valence-electron chi connectivity index (χ4n) is 3.37. The number of ketones is 1. The Morgan fingerprint density at radius 2 is 1.80 bits per heavy atom. The van der Waals surface area contributed by atoms with Crippen LogP contribution in [-0.4, -0.2) is 46.1 Å². The lowest BCUT2D eigenvalue weighted by atomic mass is 10.0. The Morgan fingerprint density at radius 3 is 2.36 bits per heavy atom. The van der Waals surface area contributed by atoms with E-state index < -0.39 is 0 Å². The van der Waals surface area contributed by atoms with E-state index in [2.05, 4.69) is 5.10 Å². The first-order valence-electron chi connectivity index (χ1n) is 8.40. The molecule has 1 saturated heterocycles. The molecular weight excluding hydrogens is 318 g/mol. The van der Waals surface area contributed by atoms with Gasteiger partial charge in [0.15, 0.2) is 5.78 Å². The van der Waals surface area contributed by atoms with Gasteiger partial charge in [-0.05, 0) is 32.9 Å². The highest BCUT2D eigenvalue weighted by molar-refractivity contribution is 5.98. The van der Waals surface area contributed by atoms with Gasteiger partial charge in [-0.25, -0.2) is 0 Å². The summed E-state index contributed by atoms with van der Waals surface area (Å²) >= 11 is 0. The number of amides is 1. The molecule has 0 N–H and O–H groups in total. The first kappa shape index (κ1) is 17.4. The van der Waals surface area contributed by atoms with E-state index in [-0.39, 0.29) is 17.7 Å². The summed E-state index contributed by atoms with van der Waals surface area (Å²) in [4.78, 5) is 26.3. The highest BCUT2D eigenvalue weighted by Gasteiger charge is 2.32. The van der Waals surface area contributed by atoms with E-state index in [0.29, 0.717) is 30.9 Å². The number of Topliss-reactive ketones (excluding diaryl/α,β-unsaturated/α-hetero) is 1. The molecule has 0 spiro atoms. The number of rotatable bonds is 3. The zero-order valence-corrected chi connectivity index (χ0v) is 15.1. The summed E-state index contributed by atoms with van der Waals surface area (Å²) in [6.45, 7) is 7.00.